The molecular weight excluding hydrogens is 472 g/mol. The van der Waals surface area contributed by atoms with E-state index in [1.165, 1.54) is 0 Å². The van der Waals surface area contributed by atoms with Gasteiger partial charge in [-0.05, 0) is 43.9 Å². The zero-order valence-electron chi connectivity index (χ0n) is 19.8. The highest BCUT2D eigenvalue weighted by molar-refractivity contribution is 5.94. The van der Waals surface area contributed by atoms with E-state index < -0.39 is 61.1 Å². The zero-order chi connectivity index (χ0) is 26.7. The number of carbonyl (C=O) groups excluding carboxylic acids is 3. The summed E-state index contributed by atoms with van der Waals surface area (Å²) in [6.07, 6.45) is 3.26. The largest absolute Gasteiger partial charge is 0.480 e. The molecule has 0 aliphatic rings. The number of rotatable bonds is 15. The number of aromatic nitrogens is 1. The Morgan fingerprint density at radius 2 is 1.50 bits per heavy atom. The van der Waals surface area contributed by atoms with Crippen molar-refractivity contribution in [2.75, 3.05) is 19.8 Å². The summed E-state index contributed by atoms with van der Waals surface area (Å²) in [4.78, 5) is 52.2. The van der Waals surface area contributed by atoms with Gasteiger partial charge >= 0.3 is 5.97 Å². The normalized spacial score (nSPS) is 14.4. The number of fused-ring (bicyclic) bond motifs is 1. The molecule has 36 heavy (non-hydrogen) atoms. The first-order valence-corrected chi connectivity index (χ1v) is 11.6. The lowest BCUT2D eigenvalue weighted by atomic mass is 10.0. The number of carboxylic acids is 1. The molecule has 3 amide bonds. The Morgan fingerprint density at radius 1 is 0.889 bits per heavy atom. The minimum Gasteiger partial charge on any atom is -0.480 e. The van der Waals surface area contributed by atoms with Gasteiger partial charge in [0, 0.05) is 17.1 Å². The highest BCUT2D eigenvalue weighted by Crippen LogP contribution is 2.18. The number of amides is 3. The van der Waals surface area contributed by atoms with Gasteiger partial charge in [0.2, 0.25) is 17.7 Å². The van der Waals surface area contributed by atoms with E-state index in [9.17, 15) is 24.3 Å². The molecule has 4 unspecified atom stereocenters. The zero-order valence-corrected chi connectivity index (χ0v) is 19.8. The Kier molecular flexibility index (Phi) is 11.3. The number of hydrogen-bond acceptors (Lipinski definition) is 8. The number of carboxylic acid groups (broad SMARTS) is 1. The molecule has 0 saturated carbocycles. The number of benzene rings is 1. The van der Waals surface area contributed by atoms with Crippen molar-refractivity contribution in [2.24, 2.45) is 11.5 Å². The van der Waals surface area contributed by atoms with Crippen molar-refractivity contribution in [2.45, 2.75) is 49.9 Å². The maximum absolute atomic E-state index is 12.9. The summed E-state index contributed by atoms with van der Waals surface area (Å²) in [7, 11) is 0. The summed E-state index contributed by atoms with van der Waals surface area (Å²) in [6, 6.07) is 2.41. The molecule has 0 aliphatic heterocycles. The van der Waals surface area contributed by atoms with E-state index in [0.717, 1.165) is 16.5 Å². The summed E-state index contributed by atoms with van der Waals surface area (Å²) < 4.78 is 0. The number of unbranched alkanes of at least 4 members (excludes halogenated alkanes) is 1. The van der Waals surface area contributed by atoms with Crippen molar-refractivity contribution >= 4 is 34.6 Å². The molecule has 198 valence electrons. The van der Waals surface area contributed by atoms with E-state index in [2.05, 4.69) is 15.6 Å². The van der Waals surface area contributed by atoms with Crippen LogP contribution >= 0.6 is 0 Å². The quantitative estimate of drug-likeness (QED) is 0.118. The van der Waals surface area contributed by atoms with E-state index >= 15 is 0 Å². The third-order valence-corrected chi connectivity index (χ3v) is 5.64. The van der Waals surface area contributed by atoms with Gasteiger partial charge in [-0.1, -0.05) is 18.2 Å². The molecule has 2 rings (SSSR count). The van der Waals surface area contributed by atoms with Crippen LogP contribution in [0.3, 0.4) is 0 Å². The van der Waals surface area contributed by atoms with Gasteiger partial charge in [0.05, 0.1) is 19.3 Å². The average Bonchev–Trinajstić information content (AvgIpc) is 3.27. The molecular formula is C23H34N6O7. The van der Waals surface area contributed by atoms with Crippen molar-refractivity contribution in [3.05, 3.63) is 36.0 Å². The van der Waals surface area contributed by atoms with Gasteiger partial charge in [-0.15, -0.1) is 0 Å². The van der Waals surface area contributed by atoms with Crippen LogP contribution in [-0.2, 0) is 25.6 Å². The summed E-state index contributed by atoms with van der Waals surface area (Å²) in [5.74, 6) is -3.82. The summed E-state index contributed by atoms with van der Waals surface area (Å²) in [5, 5.41) is 35.5. The highest BCUT2D eigenvalue weighted by Gasteiger charge is 2.29. The molecule has 0 spiro atoms. The van der Waals surface area contributed by atoms with E-state index in [1.54, 1.807) is 6.20 Å². The highest BCUT2D eigenvalue weighted by atomic mass is 16.4. The SMILES string of the molecule is NCCCCC(NC(=O)C(N)Cc1c[nH]c2ccccc12)C(=O)NC(CO)C(=O)NC(CO)C(=O)O. The molecule has 1 heterocycles. The van der Waals surface area contributed by atoms with Crippen molar-refractivity contribution in [3.8, 4) is 0 Å². The first-order chi connectivity index (χ1) is 17.2. The predicted molar refractivity (Wildman–Crippen MR) is 130 cm³/mol. The second-order valence-corrected chi connectivity index (χ2v) is 8.34. The van der Waals surface area contributed by atoms with E-state index in [-0.39, 0.29) is 12.8 Å². The standard InChI is InChI=1S/C23H34N6O7/c24-8-4-3-7-17(21(33)28-18(11-30)22(34)29-19(12-31)23(35)36)27-20(32)15(25)9-13-10-26-16-6-2-1-5-14(13)16/h1-2,5-6,10,15,17-19,26,30-31H,3-4,7-9,11-12,24-25H2,(H,27,32)(H,28,33)(H,29,34)(H,35,36). The molecule has 0 fully saturated rings. The molecule has 0 saturated heterocycles. The second kappa shape index (κ2) is 14.1. The summed E-state index contributed by atoms with van der Waals surface area (Å²) in [6.45, 7) is -1.33. The minimum absolute atomic E-state index is 0.197. The Bertz CT molecular complexity index is 1040. The van der Waals surface area contributed by atoms with Crippen LogP contribution in [-0.4, -0.2) is 87.9 Å². The predicted octanol–water partition coefficient (Wildman–Crippen LogP) is -2.31. The van der Waals surface area contributed by atoms with Crippen LogP contribution in [0.2, 0.25) is 0 Å². The number of carbonyl (C=O) groups is 4. The molecule has 13 heteroatoms. The van der Waals surface area contributed by atoms with Crippen LogP contribution in [0.15, 0.2) is 30.5 Å². The molecule has 11 N–H and O–H groups in total. The number of aromatic amines is 1. The lowest BCUT2D eigenvalue weighted by molar-refractivity contribution is -0.143. The molecule has 1 aromatic heterocycles. The van der Waals surface area contributed by atoms with Crippen molar-refractivity contribution < 1.29 is 34.5 Å². The van der Waals surface area contributed by atoms with Crippen molar-refractivity contribution in [1.82, 2.24) is 20.9 Å². The number of aliphatic carboxylic acids is 1. The Balaban J connectivity index is 2.06. The van der Waals surface area contributed by atoms with Crippen LogP contribution in [0, 0.1) is 0 Å². The molecule has 0 bridgehead atoms. The van der Waals surface area contributed by atoms with Gasteiger partial charge in [0.25, 0.3) is 0 Å². The van der Waals surface area contributed by atoms with Crippen LogP contribution in [0.4, 0.5) is 0 Å². The summed E-state index contributed by atoms with van der Waals surface area (Å²) >= 11 is 0. The maximum Gasteiger partial charge on any atom is 0.328 e. The lowest BCUT2D eigenvalue weighted by Crippen LogP contribution is -2.58. The third kappa shape index (κ3) is 8.02. The number of nitrogens with two attached hydrogens (primary N) is 2. The van der Waals surface area contributed by atoms with Gasteiger partial charge in [-0.2, -0.15) is 0 Å². The number of para-hydroxylation sites is 1. The van der Waals surface area contributed by atoms with Gasteiger partial charge < -0.3 is 47.7 Å². The van der Waals surface area contributed by atoms with Crippen LogP contribution in [0.1, 0.15) is 24.8 Å². The fourth-order valence-corrected chi connectivity index (χ4v) is 3.59. The van der Waals surface area contributed by atoms with Gasteiger partial charge in [0.15, 0.2) is 0 Å². The van der Waals surface area contributed by atoms with E-state index in [0.29, 0.717) is 19.4 Å². The molecule has 13 nitrogen and oxygen atoms in total. The molecule has 0 aliphatic carbocycles. The number of aliphatic hydroxyl groups is 2. The number of hydrogen-bond donors (Lipinski definition) is 9. The lowest BCUT2D eigenvalue weighted by Gasteiger charge is -2.24. The average molecular weight is 507 g/mol. The van der Waals surface area contributed by atoms with Gasteiger partial charge in [-0.25, -0.2) is 4.79 Å². The van der Waals surface area contributed by atoms with Crippen LogP contribution in [0.25, 0.3) is 10.9 Å². The Morgan fingerprint density at radius 3 is 2.14 bits per heavy atom. The van der Waals surface area contributed by atoms with Crippen LogP contribution < -0.4 is 27.4 Å². The molecule has 1 aromatic carbocycles. The molecule has 2 aromatic rings. The molecule has 4 atom stereocenters. The monoisotopic (exact) mass is 506 g/mol. The molecule has 0 radical (unpaired) electrons. The fraction of sp³-hybridized carbons (Fsp3) is 0.478. The van der Waals surface area contributed by atoms with E-state index in [1.807, 2.05) is 29.6 Å². The van der Waals surface area contributed by atoms with Crippen molar-refractivity contribution in [1.29, 1.82) is 0 Å². The van der Waals surface area contributed by atoms with Gasteiger partial charge in [-0.3, -0.25) is 14.4 Å². The number of aliphatic hydroxyl groups excluding tert-OH is 2. The van der Waals surface area contributed by atoms with Gasteiger partial charge in [0.1, 0.15) is 18.1 Å². The smallest absolute Gasteiger partial charge is 0.328 e. The first-order valence-electron chi connectivity index (χ1n) is 11.6. The second-order valence-electron chi connectivity index (χ2n) is 8.34. The maximum atomic E-state index is 12.9. The number of nitrogens with one attached hydrogen (secondary N) is 4. The van der Waals surface area contributed by atoms with Crippen LogP contribution in [0.5, 0.6) is 0 Å². The Labute approximate surface area is 207 Å². The minimum atomic E-state index is -1.61. The van der Waals surface area contributed by atoms with Crippen molar-refractivity contribution in [3.63, 3.8) is 0 Å². The summed E-state index contributed by atoms with van der Waals surface area (Å²) in [5.41, 5.74) is 13.4. The third-order valence-electron chi connectivity index (χ3n) is 5.64. The Hall–Kier alpha value is -3.52. The van der Waals surface area contributed by atoms with E-state index in [4.69, 9.17) is 21.7 Å². The number of H-pyrrole nitrogens is 1. The first kappa shape index (κ1) is 28.7. The topological polar surface area (TPSA) is 233 Å². The fourth-order valence-electron chi connectivity index (χ4n) is 3.59.